The van der Waals surface area contributed by atoms with Crippen LogP contribution in [0.25, 0.3) is 11.3 Å². The minimum absolute atomic E-state index is 0.107. The highest BCUT2D eigenvalue weighted by Crippen LogP contribution is 2.46. The predicted molar refractivity (Wildman–Crippen MR) is 112 cm³/mol. The SMILES string of the molecule is CC(C)NC(=O)Oc1c(OC(=O)NC(C)C)c(-c2ccc(=O)n(C)c2)n2c1CCC2. The van der Waals surface area contributed by atoms with E-state index in [9.17, 15) is 14.4 Å². The van der Waals surface area contributed by atoms with Gasteiger partial charge in [0.25, 0.3) is 0 Å². The lowest BCUT2D eigenvalue weighted by atomic mass is 10.1. The summed E-state index contributed by atoms with van der Waals surface area (Å²) in [7, 11) is 1.65. The first-order valence-electron chi connectivity index (χ1n) is 10.1. The topological polar surface area (TPSA) is 104 Å². The Bertz CT molecular complexity index is 1020. The minimum Gasteiger partial charge on any atom is -0.404 e. The van der Waals surface area contributed by atoms with Crippen molar-refractivity contribution in [3.8, 4) is 22.8 Å². The van der Waals surface area contributed by atoms with E-state index in [1.165, 1.54) is 10.6 Å². The second-order valence-corrected chi connectivity index (χ2v) is 7.95. The molecule has 3 rings (SSSR count). The van der Waals surface area contributed by atoms with E-state index in [1.807, 2.05) is 32.3 Å². The molecule has 0 radical (unpaired) electrons. The number of aromatic nitrogens is 2. The van der Waals surface area contributed by atoms with Gasteiger partial charge < -0.3 is 29.2 Å². The second kappa shape index (κ2) is 8.64. The number of hydrogen-bond donors (Lipinski definition) is 2. The quantitative estimate of drug-likeness (QED) is 0.780. The summed E-state index contributed by atoms with van der Waals surface area (Å²) < 4.78 is 14.7. The standard InChI is InChI=1S/C21H28N4O5/c1-12(2)22-20(27)29-18-15-7-6-10-25(15)17(14-8-9-16(26)24(5)11-14)19(18)30-21(28)23-13(3)4/h8-9,11-13H,6-7,10H2,1-5H3,(H,22,27)(H,23,28). The van der Waals surface area contributed by atoms with Gasteiger partial charge in [0.1, 0.15) is 0 Å². The van der Waals surface area contributed by atoms with E-state index < -0.39 is 12.2 Å². The van der Waals surface area contributed by atoms with Crippen molar-refractivity contribution in [3.63, 3.8) is 0 Å². The van der Waals surface area contributed by atoms with Crippen LogP contribution < -0.4 is 25.7 Å². The van der Waals surface area contributed by atoms with E-state index in [0.717, 1.165) is 12.1 Å². The van der Waals surface area contributed by atoms with Crippen LogP contribution in [-0.2, 0) is 20.0 Å². The molecule has 0 saturated carbocycles. The number of hydrogen-bond acceptors (Lipinski definition) is 5. The first kappa shape index (κ1) is 21.5. The number of carbonyl (C=O) groups is 2. The van der Waals surface area contributed by atoms with Crippen LogP contribution in [0.3, 0.4) is 0 Å². The molecule has 2 N–H and O–H groups in total. The molecular formula is C21H28N4O5. The summed E-state index contributed by atoms with van der Waals surface area (Å²) in [5.41, 5.74) is 1.92. The van der Waals surface area contributed by atoms with Crippen LogP contribution in [0.15, 0.2) is 23.1 Å². The summed E-state index contributed by atoms with van der Waals surface area (Å²) in [6.45, 7) is 7.99. The first-order chi connectivity index (χ1) is 14.2. The fourth-order valence-electron chi connectivity index (χ4n) is 3.46. The van der Waals surface area contributed by atoms with Gasteiger partial charge in [-0.3, -0.25) is 4.79 Å². The van der Waals surface area contributed by atoms with Gasteiger partial charge in [-0.25, -0.2) is 9.59 Å². The third-order valence-corrected chi connectivity index (χ3v) is 4.64. The van der Waals surface area contributed by atoms with Crippen LogP contribution in [0.5, 0.6) is 11.5 Å². The van der Waals surface area contributed by atoms with E-state index in [2.05, 4.69) is 10.6 Å². The first-order valence-corrected chi connectivity index (χ1v) is 10.1. The lowest BCUT2D eigenvalue weighted by molar-refractivity contribution is 0.187. The van der Waals surface area contributed by atoms with Gasteiger partial charge in [0.05, 0.1) is 11.4 Å². The number of nitrogens with one attached hydrogen (secondary N) is 2. The second-order valence-electron chi connectivity index (χ2n) is 7.95. The van der Waals surface area contributed by atoms with Crippen molar-refractivity contribution in [2.45, 2.75) is 59.2 Å². The highest BCUT2D eigenvalue weighted by atomic mass is 16.6. The molecule has 162 valence electrons. The Balaban J connectivity index is 2.13. The van der Waals surface area contributed by atoms with E-state index in [1.54, 1.807) is 19.3 Å². The Hall–Kier alpha value is -3.23. The molecule has 2 aromatic rings. The van der Waals surface area contributed by atoms with Crippen molar-refractivity contribution in [2.24, 2.45) is 7.05 Å². The maximum atomic E-state index is 12.4. The molecule has 30 heavy (non-hydrogen) atoms. The van der Waals surface area contributed by atoms with Crippen molar-refractivity contribution in [2.75, 3.05) is 0 Å². The number of rotatable bonds is 5. The Morgan fingerprint density at radius 3 is 2.17 bits per heavy atom. The summed E-state index contributed by atoms with van der Waals surface area (Å²) in [6.07, 6.45) is 1.96. The van der Waals surface area contributed by atoms with Gasteiger partial charge in [-0.1, -0.05) is 0 Å². The maximum absolute atomic E-state index is 12.4. The van der Waals surface area contributed by atoms with Gasteiger partial charge in [-0.15, -0.1) is 0 Å². The van der Waals surface area contributed by atoms with E-state index in [4.69, 9.17) is 9.47 Å². The molecule has 2 aromatic heterocycles. The molecule has 0 aromatic carbocycles. The summed E-state index contributed by atoms with van der Waals surface area (Å²) in [6, 6.07) is 2.90. The number of amides is 2. The smallest absolute Gasteiger partial charge is 0.404 e. The third-order valence-electron chi connectivity index (χ3n) is 4.64. The molecule has 0 aliphatic carbocycles. The van der Waals surface area contributed by atoms with Crippen molar-refractivity contribution < 1.29 is 19.1 Å². The lowest BCUT2D eigenvalue weighted by Crippen LogP contribution is -2.34. The third kappa shape index (κ3) is 4.50. The summed E-state index contributed by atoms with van der Waals surface area (Å²) >= 11 is 0. The zero-order chi connectivity index (χ0) is 22.0. The predicted octanol–water partition coefficient (Wildman–Crippen LogP) is 2.79. The van der Waals surface area contributed by atoms with Gasteiger partial charge >= 0.3 is 12.2 Å². The van der Waals surface area contributed by atoms with Crippen LogP contribution in [0.1, 0.15) is 39.8 Å². The number of nitrogens with zero attached hydrogens (tertiary/aromatic N) is 2. The van der Waals surface area contributed by atoms with E-state index in [0.29, 0.717) is 24.2 Å². The summed E-state index contributed by atoms with van der Waals surface area (Å²) in [5, 5.41) is 5.38. The fourth-order valence-corrected chi connectivity index (χ4v) is 3.46. The van der Waals surface area contributed by atoms with Gasteiger partial charge in [-0.05, 0) is 46.6 Å². The molecule has 0 bridgehead atoms. The zero-order valence-electron chi connectivity index (χ0n) is 17.9. The Morgan fingerprint density at radius 1 is 1.00 bits per heavy atom. The largest absolute Gasteiger partial charge is 0.413 e. The number of aryl methyl sites for hydroxylation is 1. The van der Waals surface area contributed by atoms with E-state index >= 15 is 0 Å². The fraction of sp³-hybridized carbons (Fsp3) is 0.476. The Morgan fingerprint density at radius 2 is 1.60 bits per heavy atom. The molecule has 9 heteroatoms. The number of carbonyl (C=O) groups excluding carboxylic acids is 2. The molecule has 2 amide bonds. The number of pyridine rings is 1. The van der Waals surface area contributed by atoms with Crippen LogP contribution in [0.4, 0.5) is 9.59 Å². The summed E-state index contributed by atoms with van der Waals surface area (Å²) in [5.74, 6) is 0.397. The van der Waals surface area contributed by atoms with Crippen LogP contribution >= 0.6 is 0 Å². The average Bonchev–Trinajstić information content (AvgIpc) is 3.19. The summed E-state index contributed by atoms with van der Waals surface area (Å²) in [4.78, 5) is 36.6. The molecule has 0 spiro atoms. The number of ether oxygens (including phenoxy) is 2. The Kier molecular flexibility index (Phi) is 6.19. The highest BCUT2D eigenvalue weighted by molar-refractivity contribution is 5.82. The molecule has 1 aliphatic heterocycles. The van der Waals surface area contributed by atoms with Crippen LogP contribution in [0, 0.1) is 0 Å². The minimum atomic E-state index is -0.644. The molecule has 0 fully saturated rings. The van der Waals surface area contributed by atoms with Crippen molar-refractivity contribution >= 4 is 12.2 Å². The average molecular weight is 416 g/mol. The van der Waals surface area contributed by atoms with Crippen LogP contribution in [0.2, 0.25) is 0 Å². The maximum Gasteiger partial charge on any atom is 0.413 e. The molecule has 0 unspecified atom stereocenters. The molecule has 0 atom stereocenters. The van der Waals surface area contributed by atoms with Crippen LogP contribution in [-0.4, -0.2) is 33.4 Å². The molecule has 0 saturated heterocycles. The van der Waals surface area contributed by atoms with Gasteiger partial charge in [0, 0.05) is 43.5 Å². The molecular weight excluding hydrogens is 388 g/mol. The normalized spacial score (nSPS) is 12.8. The van der Waals surface area contributed by atoms with Crippen molar-refractivity contribution in [1.82, 2.24) is 19.8 Å². The van der Waals surface area contributed by atoms with Gasteiger partial charge in [0.2, 0.25) is 11.3 Å². The highest BCUT2D eigenvalue weighted by Gasteiger charge is 2.32. The van der Waals surface area contributed by atoms with Crippen molar-refractivity contribution in [1.29, 1.82) is 0 Å². The molecule has 1 aliphatic rings. The molecule has 3 heterocycles. The van der Waals surface area contributed by atoms with E-state index in [-0.39, 0.29) is 29.1 Å². The Labute approximate surface area is 175 Å². The number of fused-ring (bicyclic) bond motifs is 1. The van der Waals surface area contributed by atoms with Gasteiger partial charge in [-0.2, -0.15) is 0 Å². The van der Waals surface area contributed by atoms with Gasteiger partial charge in [0.15, 0.2) is 5.75 Å². The van der Waals surface area contributed by atoms with Crippen molar-refractivity contribution in [3.05, 3.63) is 34.4 Å². The lowest BCUT2D eigenvalue weighted by Gasteiger charge is -2.14. The molecule has 9 nitrogen and oxygen atoms in total. The monoisotopic (exact) mass is 416 g/mol. The zero-order valence-corrected chi connectivity index (χ0v) is 17.9.